The molecule has 1 saturated heterocycles. The number of amides is 2. The van der Waals surface area contributed by atoms with Gasteiger partial charge in [-0.15, -0.1) is 0 Å². The van der Waals surface area contributed by atoms with Crippen molar-refractivity contribution in [1.29, 1.82) is 0 Å². The summed E-state index contributed by atoms with van der Waals surface area (Å²) in [7, 11) is 0. The van der Waals surface area contributed by atoms with Crippen molar-refractivity contribution in [3.63, 3.8) is 0 Å². The van der Waals surface area contributed by atoms with Crippen LogP contribution in [0.5, 0.6) is 0 Å². The molecule has 5 nitrogen and oxygen atoms in total. The number of aliphatic carboxylic acids is 1. The topological polar surface area (TPSA) is 69.6 Å². The number of nitrogens with zero attached hydrogens (tertiary/aromatic N) is 1. The molecule has 30 heavy (non-hydrogen) atoms. The average Bonchev–Trinajstić information content (AvgIpc) is 2.73. The molecule has 1 fully saturated rings. The number of carboxylic acids is 1. The Bertz CT molecular complexity index is 991. The van der Waals surface area contributed by atoms with Crippen LogP contribution in [0.2, 0.25) is 0 Å². The minimum absolute atomic E-state index is 0.168. The van der Waals surface area contributed by atoms with E-state index in [0.717, 1.165) is 12.1 Å². The van der Waals surface area contributed by atoms with Crippen LogP contribution < -0.4 is 5.32 Å². The summed E-state index contributed by atoms with van der Waals surface area (Å²) >= 11 is 0. The maximum absolute atomic E-state index is 12.8. The van der Waals surface area contributed by atoms with Gasteiger partial charge in [-0.3, -0.25) is 4.79 Å². The van der Waals surface area contributed by atoms with E-state index in [1.807, 2.05) is 0 Å². The van der Waals surface area contributed by atoms with Gasteiger partial charge in [-0.1, -0.05) is 17.9 Å². The summed E-state index contributed by atoms with van der Waals surface area (Å²) in [5.74, 6) is 4.03. The van der Waals surface area contributed by atoms with Crippen LogP contribution in [0.25, 0.3) is 0 Å². The molecule has 1 heterocycles. The van der Waals surface area contributed by atoms with Crippen molar-refractivity contribution in [1.82, 2.24) is 4.90 Å². The first-order chi connectivity index (χ1) is 14.2. The molecule has 156 valence electrons. The molecule has 1 aliphatic heterocycles. The molecule has 0 bridgehead atoms. The van der Waals surface area contributed by atoms with E-state index in [9.17, 15) is 22.8 Å². The van der Waals surface area contributed by atoms with Crippen LogP contribution in [0, 0.1) is 17.8 Å². The molecular formula is C22H19F3N2O3. The average molecular weight is 416 g/mol. The van der Waals surface area contributed by atoms with Gasteiger partial charge < -0.3 is 15.3 Å². The SMILES string of the molecule is O=C(O)C1CCCN(C(=O)Nc2ccc(C#Cc3cccc(C(F)(F)F)c3)cc2)C1. The molecule has 0 aliphatic carbocycles. The lowest BCUT2D eigenvalue weighted by Crippen LogP contribution is -2.44. The van der Waals surface area contributed by atoms with Crippen molar-refractivity contribution in [2.24, 2.45) is 5.92 Å². The zero-order valence-electron chi connectivity index (χ0n) is 15.9. The number of hydrogen-bond donors (Lipinski definition) is 2. The zero-order valence-corrected chi connectivity index (χ0v) is 15.9. The van der Waals surface area contributed by atoms with E-state index in [2.05, 4.69) is 17.2 Å². The second kappa shape index (κ2) is 8.91. The van der Waals surface area contributed by atoms with Gasteiger partial charge in [-0.25, -0.2) is 4.79 Å². The van der Waals surface area contributed by atoms with Gasteiger partial charge in [0.1, 0.15) is 0 Å². The first-order valence-corrected chi connectivity index (χ1v) is 9.30. The highest BCUT2D eigenvalue weighted by Crippen LogP contribution is 2.29. The van der Waals surface area contributed by atoms with Crippen LogP contribution in [0.4, 0.5) is 23.7 Å². The van der Waals surface area contributed by atoms with E-state index in [1.54, 1.807) is 24.3 Å². The quantitative estimate of drug-likeness (QED) is 0.712. The number of urea groups is 1. The lowest BCUT2D eigenvalue weighted by atomic mass is 9.99. The second-order valence-electron chi connectivity index (χ2n) is 6.96. The summed E-state index contributed by atoms with van der Waals surface area (Å²) in [6, 6.07) is 11.0. The van der Waals surface area contributed by atoms with Gasteiger partial charge in [0.2, 0.25) is 0 Å². The number of nitrogens with one attached hydrogen (secondary N) is 1. The van der Waals surface area contributed by atoms with Gasteiger partial charge in [0.05, 0.1) is 11.5 Å². The highest BCUT2D eigenvalue weighted by atomic mass is 19.4. The van der Waals surface area contributed by atoms with Crippen molar-refractivity contribution in [2.75, 3.05) is 18.4 Å². The summed E-state index contributed by atoms with van der Waals surface area (Å²) in [6.45, 7) is 0.665. The Hall–Kier alpha value is -3.47. The molecule has 0 spiro atoms. The lowest BCUT2D eigenvalue weighted by molar-refractivity contribution is -0.143. The lowest BCUT2D eigenvalue weighted by Gasteiger charge is -2.30. The summed E-state index contributed by atoms with van der Waals surface area (Å²) in [5.41, 5.74) is 0.590. The number of alkyl halides is 3. The Balaban J connectivity index is 1.63. The van der Waals surface area contributed by atoms with Crippen molar-refractivity contribution < 1.29 is 27.9 Å². The predicted molar refractivity (Wildman–Crippen MR) is 105 cm³/mol. The molecule has 0 aromatic heterocycles. The van der Waals surface area contributed by atoms with E-state index < -0.39 is 23.6 Å². The highest BCUT2D eigenvalue weighted by molar-refractivity contribution is 5.89. The highest BCUT2D eigenvalue weighted by Gasteiger charge is 2.30. The number of halogens is 3. The van der Waals surface area contributed by atoms with Crippen molar-refractivity contribution >= 4 is 17.7 Å². The van der Waals surface area contributed by atoms with Crippen LogP contribution in [0.3, 0.4) is 0 Å². The molecule has 0 radical (unpaired) electrons. The predicted octanol–water partition coefficient (Wildman–Crippen LogP) is 4.43. The van der Waals surface area contributed by atoms with Gasteiger partial charge >= 0.3 is 18.2 Å². The Morgan fingerprint density at radius 1 is 1.07 bits per heavy atom. The Morgan fingerprint density at radius 3 is 2.43 bits per heavy atom. The first kappa shape index (κ1) is 21.2. The van der Waals surface area contributed by atoms with Crippen LogP contribution >= 0.6 is 0 Å². The minimum atomic E-state index is -4.42. The van der Waals surface area contributed by atoms with Gasteiger partial charge in [-0.05, 0) is 55.3 Å². The fourth-order valence-electron chi connectivity index (χ4n) is 3.12. The number of carboxylic acid groups (broad SMARTS) is 1. The summed E-state index contributed by atoms with van der Waals surface area (Å²) in [6.07, 6.45) is -3.23. The van der Waals surface area contributed by atoms with Gasteiger partial charge in [0, 0.05) is 29.9 Å². The monoisotopic (exact) mass is 416 g/mol. The minimum Gasteiger partial charge on any atom is -0.481 e. The Kier molecular flexibility index (Phi) is 6.31. The first-order valence-electron chi connectivity index (χ1n) is 9.30. The van der Waals surface area contributed by atoms with E-state index in [1.165, 1.54) is 17.0 Å². The zero-order chi connectivity index (χ0) is 21.7. The molecule has 1 atom stereocenters. The molecule has 2 aromatic rings. The molecule has 2 aromatic carbocycles. The van der Waals surface area contributed by atoms with E-state index >= 15 is 0 Å². The molecule has 2 N–H and O–H groups in total. The Labute approximate surface area is 171 Å². The molecule has 1 aliphatic rings. The van der Waals surface area contributed by atoms with Crippen molar-refractivity contribution in [2.45, 2.75) is 19.0 Å². The van der Waals surface area contributed by atoms with Crippen molar-refractivity contribution in [3.05, 3.63) is 65.2 Å². The normalized spacial score (nSPS) is 16.4. The molecule has 0 saturated carbocycles. The molecule has 2 amide bonds. The third kappa shape index (κ3) is 5.54. The van der Waals surface area contributed by atoms with E-state index in [-0.39, 0.29) is 18.1 Å². The largest absolute Gasteiger partial charge is 0.481 e. The molecule has 3 rings (SSSR count). The number of rotatable bonds is 2. The van der Waals surface area contributed by atoms with E-state index in [0.29, 0.717) is 30.6 Å². The van der Waals surface area contributed by atoms with Crippen LogP contribution in [-0.2, 0) is 11.0 Å². The van der Waals surface area contributed by atoms with Gasteiger partial charge in [-0.2, -0.15) is 13.2 Å². The molecular weight excluding hydrogens is 397 g/mol. The number of carbonyl (C=O) groups excluding carboxylic acids is 1. The summed E-state index contributed by atoms with van der Waals surface area (Å²) in [5, 5.41) is 11.8. The maximum atomic E-state index is 12.8. The summed E-state index contributed by atoms with van der Waals surface area (Å²) < 4.78 is 38.3. The molecule has 1 unspecified atom stereocenters. The smallest absolute Gasteiger partial charge is 0.416 e. The number of benzene rings is 2. The van der Waals surface area contributed by atoms with E-state index in [4.69, 9.17) is 5.11 Å². The number of carbonyl (C=O) groups is 2. The number of likely N-dealkylation sites (tertiary alicyclic amines) is 1. The van der Waals surface area contributed by atoms with Crippen LogP contribution in [0.1, 0.15) is 29.5 Å². The number of piperidine rings is 1. The maximum Gasteiger partial charge on any atom is 0.416 e. The Morgan fingerprint density at radius 2 is 1.77 bits per heavy atom. The fourth-order valence-corrected chi connectivity index (χ4v) is 3.12. The fraction of sp³-hybridized carbons (Fsp3) is 0.273. The third-order valence-corrected chi connectivity index (χ3v) is 4.74. The van der Waals surface area contributed by atoms with Crippen LogP contribution in [0.15, 0.2) is 48.5 Å². The molecule has 8 heteroatoms. The second-order valence-corrected chi connectivity index (χ2v) is 6.96. The third-order valence-electron chi connectivity index (χ3n) is 4.74. The van der Waals surface area contributed by atoms with Gasteiger partial charge in [0.15, 0.2) is 0 Å². The standard InChI is InChI=1S/C22H19F3N2O3/c23-22(24,25)18-5-1-3-16(13-18)7-6-15-8-10-19(11-9-15)26-21(30)27-12-2-4-17(14-27)20(28)29/h1,3,5,8-11,13,17H,2,4,12,14H2,(H,26,30)(H,28,29). The number of hydrogen-bond acceptors (Lipinski definition) is 2. The van der Waals surface area contributed by atoms with Crippen molar-refractivity contribution in [3.8, 4) is 11.8 Å². The summed E-state index contributed by atoms with van der Waals surface area (Å²) in [4.78, 5) is 24.9. The number of anilines is 1. The van der Waals surface area contributed by atoms with Gasteiger partial charge in [0.25, 0.3) is 0 Å². The van der Waals surface area contributed by atoms with Crippen LogP contribution in [-0.4, -0.2) is 35.1 Å².